The van der Waals surface area contributed by atoms with Crippen molar-refractivity contribution in [2.45, 2.75) is 11.3 Å². The maximum absolute atomic E-state index is 12.6. The summed E-state index contributed by atoms with van der Waals surface area (Å²) in [6, 6.07) is 16.9. The van der Waals surface area contributed by atoms with Crippen molar-refractivity contribution in [1.29, 1.82) is 0 Å². The van der Waals surface area contributed by atoms with Crippen LogP contribution < -0.4 is 14.6 Å². The molecule has 32 heavy (non-hydrogen) atoms. The summed E-state index contributed by atoms with van der Waals surface area (Å²) in [6.07, 6.45) is 0. The fraction of sp³-hybridized carbons (Fsp3) is 0.227. The van der Waals surface area contributed by atoms with E-state index in [1.165, 1.54) is 37.7 Å². The zero-order chi connectivity index (χ0) is 22.9. The third-order valence-electron chi connectivity index (χ3n) is 4.93. The predicted molar refractivity (Wildman–Crippen MR) is 126 cm³/mol. The number of para-hydroxylation sites is 1. The second-order valence-electron chi connectivity index (χ2n) is 6.74. The number of anilines is 2. The molecule has 4 rings (SSSR count). The molecule has 2 aliphatic rings. The highest BCUT2D eigenvalue weighted by Gasteiger charge is 2.58. The monoisotopic (exact) mass is 471 g/mol. The molecule has 8 nitrogen and oxygen atoms in total. The van der Waals surface area contributed by atoms with Gasteiger partial charge in [0, 0.05) is 11.4 Å². The first-order valence-electron chi connectivity index (χ1n) is 9.59. The Morgan fingerprint density at radius 1 is 0.875 bits per heavy atom. The van der Waals surface area contributed by atoms with Gasteiger partial charge in [-0.15, -0.1) is 0 Å². The van der Waals surface area contributed by atoms with Gasteiger partial charge in [0.15, 0.2) is 0 Å². The van der Waals surface area contributed by atoms with Crippen LogP contribution in [0.2, 0.25) is 0 Å². The molecule has 0 bridgehead atoms. The van der Waals surface area contributed by atoms with E-state index in [1.54, 1.807) is 12.1 Å². The molecule has 0 aliphatic carbocycles. The molecule has 2 aliphatic heterocycles. The number of thioether (sulfide) groups is 2. The molecule has 10 heteroatoms. The van der Waals surface area contributed by atoms with Crippen molar-refractivity contribution in [2.24, 2.45) is 5.10 Å². The number of ether oxygens (including phenoxy) is 3. The zero-order valence-electron chi connectivity index (χ0n) is 17.9. The Morgan fingerprint density at radius 2 is 1.53 bits per heavy atom. The highest BCUT2D eigenvalue weighted by atomic mass is 32.2. The van der Waals surface area contributed by atoms with Crippen molar-refractivity contribution >= 4 is 51.9 Å². The van der Waals surface area contributed by atoms with Crippen molar-refractivity contribution in [3.8, 4) is 5.75 Å². The molecule has 2 aromatic carbocycles. The molecule has 1 atom stereocenters. The number of rotatable bonds is 5. The van der Waals surface area contributed by atoms with E-state index < -0.39 is 16.3 Å². The smallest absolute Gasteiger partial charge is 0.365 e. The summed E-state index contributed by atoms with van der Waals surface area (Å²) < 4.78 is 14.2. The average molecular weight is 472 g/mol. The molecule has 0 N–H and O–H groups in total. The van der Waals surface area contributed by atoms with Crippen LogP contribution in [0, 0.1) is 0 Å². The largest absolute Gasteiger partial charge is 0.497 e. The number of hydrogen-bond acceptors (Lipinski definition) is 10. The predicted octanol–water partition coefficient (Wildman–Crippen LogP) is 4.00. The molecule has 0 saturated carbocycles. The number of allylic oxidation sites excluding steroid dienone is 1. The van der Waals surface area contributed by atoms with E-state index in [4.69, 9.17) is 14.2 Å². The number of hydrogen-bond donors (Lipinski definition) is 0. The Labute approximate surface area is 194 Å². The van der Waals surface area contributed by atoms with Gasteiger partial charge in [-0.2, -0.15) is 5.10 Å². The zero-order valence-corrected chi connectivity index (χ0v) is 19.5. The van der Waals surface area contributed by atoms with Crippen LogP contribution in [0.3, 0.4) is 0 Å². The fourth-order valence-corrected chi connectivity index (χ4v) is 6.44. The molecule has 166 valence electrons. The number of methoxy groups -OCH3 is 3. The fourth-order valence-electron chi connectivity index (χ4n) is 3.44. The van der Waals surface area contributed by atoms with Gasteiger partial charge in [0.25, 0.3) is 0 Å². The lowest BCUT2D eigenvalue weighted by molar-refractivity contribution is -0.135. The number of hydrazone groups is 1. The normalized spacial score (nSPS) is 19.9. The molecule has 1 spiro atoms. The van der Waals surface area contributed by atoms with Gasteiger partial charge in [0.1, 0.15) is 10.7 Å². The Balaban J connectivity index is 1.89. The second kappa shape index (κ2) is 8.79. The van der Waals surface area contributed by atoms with E-state index in [0.717, 1.165) is 5.69 Å². The molecule has 2 heterocycles. The third kappa shape index (κ3) is 3.59. The van der Waals surface area contributed by atoms with E-state index in [-0.39, 0.29) is 5.04 Å². The molecular weight excluding hydrogens is 450 g/mol. The maximum atomic E-state index is 12.6. The number of esters is 2. The Hall–Kier alpha value is -3.11. The van der Waals surface area contributed by atoms with Crippen molar-refractivity contribution < 1.29 is 23.8 Å². The van der Waals surface area contributed by atoms with Crippen LogP contribution in [-0.4, -0.2) is 42.6 Å². The maximum Gasteiger partial charge on any atom is 0.365 e. The molecule has 0 unspecified atom stereocenters. The van der Waals surface area contributed by atoms with Gasteiger partial charge in [0.2, 0.25) is 9.37 Å². The summed E-state index contributed by atoms with van der Waals surface area (Å²) in [6.45, 7) is 1.85. The van der Waals surface area contributed by atoms with Gasteiger partial charge in [-0.1, -0.05) is 30.0 Å². The minimum absolute atomic E-state index is 0.177. The van der Waals surface area contributed by atoms with Crippen LogP contribution in [0.5, 0.6) is 5.75 Å². The van der Waals surface area contributed by atoms with Crippen molar-refractivity contribution in [3.05, 3.63) is 65.2 Å². The number of carbonyl (C=O) groups is 2. The van der Waals surface area contributed by atoms with Crippen molar-refractivity contribution in [3.63, 3.8) is 0 Å². The van der Waals surface area contributed by atoms with E-state index in [1.807, 2.05) is 66.4 Å². The SMILES string of the molecule is COC(=O)C1=NN(c2ccc(OC)cc2)[C@]2(S1)SC(C(=O)OC)=C(C)N2c1ccccc1. The van der Waals surface area contributed by atoms with Gasteiger partial charge in [-0.25, -0.2) is 14.6 Å². The Morgan fingerprint density at radius 3 is 2.12 bits per heavy atom. The van der Waals surface area contributed by atoms with E-state index in [2.05, 4.69) is 5.10 Å². The standard InChI is InChI=1S/C22H21N3O5S2/c1-14-18(20(26)29-3)31-22(24(14)15-8-6-5-7-9-15)25(23-19(32-22)21(27)30-4)16-10-12-17(28-2)13-11-16/h5-13H,1-4H3/t22-/m0/s1. The first kappa shape index (κ1) is 22.1. The van der Waals surface area contributed by atoms with E-state index in [9.17, 15) is 9.59 Å². The summed E-state index contributed by atoms with van der Waals surface area (Å²) in [5.41, 5.74) is 2.24. The Kier molecular flexibility index (Phi) is 6.07. The van der Waals surface area contributed by atoms with Crippen molar-refractivity contribution in [1.82, 2.24) is 0 Å². The summed E-state index contributed by atoms with van der Waals surface area (Å²) in [5, 5.41) is 6.51. The lowest BCUT2D eigenvalue weighted by atomic mass is 10.2. The summed E-state index contributed by atoms with van der Waals surface area (Å²) in [7, 11) is 4.25. The Bertz CT molecular complexity index is 1100. The van der Waals surface area contributed by atoms with Gasteiger partial charge in [-0.05, 0) is 55.1 Å². The molecule has 0 amide bonds. The van der Waals surface area contributed by atoms with E-state index >= 15 is 0 Å². The summed E-state index contributed by atoms with van der Waals surface area (Å²) in [4.78, 5) is 27.5. The van der Waals surface area contributed by atoms with Crippen LogP contribution in [0.15, 0.2) is 70.3 Å². The minimum atomic E-state index is -1.02. The first-order valence-corrected chi connectivity index (χ1v) is 11.2. The lowest BCUT2D eigenvalue weighted by Gasteiger charge is -2.41. The van der Waals surface area contributed by atoms with Gasteiger partial charge >= 0.3 is 11.9 Å². The number of carbonyl (C=O) groups excluding carboxylic acids is 2. The van der Waals surface area contributed by atoms with Gasteiger partial charge in [0.05, 0.1) is 27.0 Å². The number of benzene rings is 2. The molecule has 0 radical (unpaired) electrons. The first-order chi connectivity index (χ1) is 15.4. The van der Waals surface area contributed by atoms with Gasteiger partial charge < -0.3 is 19.1 Å². The molecule has 0 saturated heterocycles. The lowest BCUT2D eigenvalue weighted by Crippen LogP contribution is -2.49. The summed E-state index contributed by atoms with van der Waals surface area (Å²) >= 11 is 2.49. The van der Waals surface area contributed by atoms with Crippen LogP contribution in [-0.2, 0) is 19.1 Å². The van der Waals surface area contributed by atoms with Crippen LogP contribution in [0.4, 0.5) is 11.4 Å². The van der Waals surface area contributed by atoms with Crippen LogP contribution in [0.25, 0.3) is 0 Å². The van der Waals surface area contributed by atoms with Crippen LogP contribution in [0.1, 0.15) is 6.92 Å². The van der Waals surface area contributed by atoms with E-state index in [0.29, 0.717) is 22.0 Å². The molecule has 0 fully saturated rings. The topological polar surface area (TPSA) is 80.7 Å². The van der Waals surface area contributed by atoms with Crippen LogP contribution >= 0.6 is 23.5 Å². The van der Waals surface area contributed by atoms with Gasteiger partial charge in [-0.3, -0.25) is 0 Å². The highest BCUT2D eigenvalue weighted by molar-refractivity contribution is 8.29. The van der Waals surface area contributed by atoms with Crippen molar-refractivity contribution in [2.75, 3.05) is 31.2 Å². The molecule has 0 aromatic heterocycles. The molecule has 2 aromatic rings. The average Bonchev–Trinajstić information content (AvgIpc) is 3.36. The number of nitrogens with zero attached hydrogens (tertiary/aromatic N) is 3. The second-order valence-corrected chi connectivity index (χ2v) is 9.34. The third-order valence-corrected chi connectivity index (χ3v) is 7.78. The minimum Gasteiger partial charge on any atom is -0.497 e. The molecular formula is C22H21N3O5S2. The summed E-state index contributed by atoms with van der Waals surface area (Å²) in [5.74, 6) is -0.314. The quantitative estimate of drug-likeness (QED) is 0.601. The highest BCUT2D eigenvalue weighted by Crippen LogP contribution is 2.60.